The van der Waals surface area contributed by atoms with Crippen molar-refractivity contribution in [2.75, 3.05) is 0 Å². The molecule has 0 aliphatic carbocycles. The quantitative estimate of drug-likeness (QED) is 0.0922. The first kappa shape index (κ1) is 84.6. The Hall–Kier alpha value is -19.2. The van der Waals surface area contributed by atoms with E-state index in [1.807, 2.05) is 121 Å². The summed E-state index contributed by atoms with van der Waals surface area (Å²) in [4.78, 5) is 30.4. The fourth-order valence-corrected chi connectivity index (χ4v) is 19.2. The number of benzene rings is 20. The lowest BCUT2D eigenvalue weighted by atomic mass is 9.93. The van der Waals surface area contributed by atoms with Gasteiger partial charge in [-0.15, -0.1) is 0 Å². The summed E-state index contributed by atoms with van der Waals surface area (Å²) in [5, 5.41) is 8.90. The Morgan fingerprint density at radius 1 is 0.113 bits per heavy atom. The molecule has 0 bridgehead atoms. The molecule has 0 N–H and O–H groups in total. The van der Waals surface area contributed by atoms with Crippen LogP contribution in [-0.2, 0) is 0 Å². The number of furan rings is 4. The van der Waals surface area contributed by atoms with Gasteiger partial charge in [-0.3, -0.25) is 0 Å². The summed E-state index contributed by atoms with van der Waals surface area (Å²) in [5.41, 5.74) is 37.4. The molecule has 0 aliphatic rings. The summed E-state index contributed by atoms with van der Waals surface area (Å²) < 4.78 is 24.8. The number of hydrogen-bond donors (Lipinski definition) is 0. The lowest BCUT2D eigenvalue weighted by Crippen LogP contribution is -1.96. The van der Waals surface area contributed by atoms with E-state index in [9.17, 15) is 0 Å². The van der Waals surface area contributed by atoms with Crippen molar-refractivity contribution in [3.63, 3.8) is 0 Å². The molecule has 0 amide bonds. The highest BCUT2D eigenvalue weighted by molar-refractivity contribution is 6.11. The van der Waals surface area contributed by atoms with Crippen LogP contribution in [0.4, 0.5) is 0 Å². The minimum Gasteiger partial charge on any atom is -0.456 e. The number of rotatable bonds is 16. The zero-order valence-corrected chi connectivity index (χ0v) is 76.8. The average molecular weight is 1820 g/mol. The van der Waals surface area contributed by atoms with Gasteiger partial charge >= 0.3 is 0 Å². The highest BCUT2D eigenvalue weighted by Gasteiger charge is 2.22. The standard InChI is InChI=1S/C52H32N2O2.2C40H26N2O/c1-3-11-33(12-4-1)34-19-21-35(22-20-34)46-32-47(54-52(53-46)36-13-5-2-6-14-36)41-28-39(37-23-25-50-44(30-37)42-15-7-9-17-48(42)55-50)27-40(29-41)38-24-26-51-45(31-38)43-16-8-10-18-49(43)56-51;1-3-10-27(11-4-1)28-18-22-30(23-19-28)36-26-37(42-40(41-36)32-12-5-2-6-13-32)31-24-20-29(21-25-31)33-15-9-16-35-34-14-7-8-17-38(34)43-39(33)35;1-3-9-27(10-4-1)28-15-19-30(20-16-28)36-26-37(42-40(41-36)32-11-5-2-6-12-32)31-21-17-29(18-22-31)33-23-24-39-35(25-33)34-13-7-8-14-38(34)43-39/h1-32H;2*1-26H. The molecule has 27 aromatic rings. The van der Waals surface area contributed by atoms with Crippen LogP contribution in [0.1, 0.15) is 0 Å². The molecule has 0 spiro atoms. The van der Waals surface area contributed by atoms with E-state index in [0.29, 0.717) is 17.5 Å². The summed E-state index contributed by atoms with van der Waals surface area (Å²) in [6, 6.07) is 176. The second-order valence-electron chi connectivity index (χ2n) is 35.5. The van der Waals surface area contributed by atoms with Gasteiger partial charge in [-0.1, -0.05) is 413 Å². The second-order valence-corrected chi connectivity index (χ2v) is 35.5. The van der Waals surface area contributed by atoms with Crippen molar-refractivity contribution in [1.82, 2.24) is 29.9 Å². The van der Waals surface area contributed by atoms with Crippen molar-refractivity contribution in [2.24, 2.45) is 0 Å². The van der Waals surface area contributed by atoms with Crippen LogP contribution in [0.15, 0.2) is 527 Å². The van der Waals surface area contributed by atoms with Gasteiger partial charge in [0, 0.05) is 98.7 Å². The van der Waals surface area contributed by atoms with E-state index in [1.165, 1.54) is 27.8 Å². The van der Waals surface area contributed by atoms with Gasteiger partial charge in [-0.05, 0) is 169 Å². The molecule has 10 nitrogen and oxygen atoms in total. The summed E-state index contributed by atoms with van der Waals surface area (Å²) in [6.45, 7) is 0. The lowest BCUT2D eigenvalue weighted by molar-refractivity contribution is 0.668. The Kier molecular flexibility index (Phi) is 22.1. The number of nitrogens with zero attached hydrogens (tertiary/aromatic N) is 6. The first-order chi connectivity index (χ1) is 70.3. The zero-order chi connectivity index (χ0) is 94.2. The SMILES string of the molecule is c1ccc(-c2ccc(-c3cc(-c4cc(-c5ccc6oc7ccccc7c6c5)cc(-c5ccc6oc7ccccc7c6c5)c4)nc(-c4ccccc4)n3)cc2)cc1.c1ccc(-c2ccc(-c3cc(-c4ccc(-c5ccc6oc7ccccc7c6c5)cc4)nc(-c4ccccc4)n3)cc2)cc1.c1ccc(-c2ccc(-c3cc(-c4ccc(-c5cccc6c5oc5ccccc56)cc4)nc(-c4ccccc4)n3)cc2)cc1. The summed E-state index contributed by atoms with van der Waals surface area (Å²) in [5.74, 6) is 2.09. The number of para-hydroxylation sites is 5. The van der Waals surface area contributed by atoms with Crippen molar-refractivity contribution >= 4 is 87.8 Å². The monoisotopic (exact) mass is 1820 g/mol. The lowest BCUT2D eigenvalue weighted by Gasteiger charge is -2.14. The second kappa shape index (κ2) is 37.1. The van der Waals surface area contributed by atoms with Gasteiger partial charge in [0.15, 0.2) is 17.5 Å². The molecule has 27 rings (SSSR count). The van der Waals surface area contributed by atoms with Gasteiger partial charge in [-0.25, -0.2) is 29.9 Å². The molecule has 0 atom stereocenters. The van der Waals surface area contributed by atoms with Gasteiger partial charge in [0.1, 0.15) is 44.7 Å². The molecule has 0 fully saturated rings. The molecule has 666 valence electrons. The molecule has 0 saturated heterocycles. The summed E-state index contributed by atoms with van der Waals surface area (Å²) in [7, 11) is 0. The van der Waals surface area contributed by atoms with E-state index in [-0.39, 0.29) is 0 Å². The Morgan fingerprint density at radius 2 is 0.324 bits per heavy atom. The third-order valence-electron chi connectivity index (χ3n) is 26.6. The Labute approximate surface area is 818 Å². The van der Waals surface area contributed by atoms with Crippen molar-refractivity contribution in [2.45, 2.75) is 0 Å². The first-order valence-corrected chi connectivity index (χ1v) is 47.6. The number of fused-ring (bicyclic) bond motifs is 12. The van der Waals surface area contributed by atoms with Crippen LogP contribution >= 0.6 is 0 Å². The minimum atomic E-state index is 0.676. The molecule has 0 aliphatic heterocycles. The summed E-state index contributed by atoms with van der Waals surface area (Å²) >= 11 is 0. The minimum absolute atomic E-state index is 0.676. The smallest absolute Gasteiger partial charge is 0.160 e. The highest BCUT2D eigenvalue weighted by Crippen LogP contribution is 2.44. The maximum atomic E-state index is 6.30. The van der Waals surface area contributed by atoms with E-state index >= 15 is 0 Å². The third-order valence-corrected chi connectivity index (χ3v) is 26.6. The predicted octanol–water partition coefficient (Wildman–Crippen LogP) is 35.7. The van der Waals surface area contributed by atoms with Crippen LogP contribution in [-0.4, -0.2) is 29.9 Å². The normalized spacial score (nSPS) is 11.4. The van der Waals surface area contributed by atoms with Gasteiger partial charge in [-0.2, -0.15) is 0 Å². The molecule has 20 aromatic carbocycles. The van der Waals surface area contributed by atoms with E-state index < -0.39 is 0 Å². The zero-order valence-electron chi connectivity index (χ0n) is 76.8. The van der Waals surface area contributed by atoms with Gasteiger partial charge in [0.05, 0.1) is 34.2 Å². The molecule has 0 saturated carbocycles. The highest BCUT2D eigenvalue weighted by atomic mass is 16.3. The Balaban J connectivity index is 0.000000113. The van der Waals surface area contributed by atoms with Gasteiger partial charge in [0.2, 0.25) is 0 Å². The molecule has 7 aromatic heterocycles. The Morgan fingerprint density at radius 3 is 0.641 bits per heavy atom. The molecular formula is C132H84N6O4. The van der Waals surface area contributed by atoms with Crippen LogP contribution < -0.4 is 0 Å². The van der Waals surface area contributed by atoms with Gasteiger partial charge < -0.3 is 17.7 Å². The first-order valence-electron chi connectivity index (χ1n) is 47.6. The fraction of sp³-hybridized carbons (Fsp3) is 0. The summed E-state index contributed by atoms with van der Waals surface area (Å²) in [6.07, 6.45) is 0. The average Bonchev–Trinajstić information content (AvgIpc) is 1.60. The van der Waals surface area contributed by atoms with Crippen LogP contribution in [0, 0.1) is 0 Å². The Bertz CT molecular complexity index is 9190. The number of aromatic nitrogens is 6. The molecule has 7 heterocycles. The third kappa shape index (κ3) is 17.0. The largest absolute Gasteiger partial charge is 0.456 e. The van der Waals surface area contributed by atoms with E-state index in [1.54, 1.807) is 0 Å². The van der Waals surface area contributed by atoms with Crippen molar-refractivity contribution in [3.05, 3.63) is 510 Å². The van der Waals surface area contributed by atoms with Crippen LogP contribution in [0.25, 0.3) is 267 Å². The van der Waals surface area contributed by atoms with Gasteiger partial charge in [0.25, 0.3) is 0 Å². The van der Waals surface area contributed by atoms with Crippen LogP contribution in [0.2, 0.25) is 0 Å². The molecule has 142 heavy (non-hydrogen) atoms. The maximum Gasteiger partial charge on any atom is 0.160 e. The van der Waals surface area contributed by atoms with Crippen LogP contribution in [0.3, 0.4) is 0 Å². The number of hydrogen-bond acceptors (Lipinski definition) is 10. The van der Waals surface area contributed by atoms with Crippen molar-refractivity contribution in [1.29, 1.82) is 0 Å². The predicted molar refractivity (Wildman–Crippen MR) is 582 cm³/mol. The molecule has 0 unspecified atom stereocenters. The molecular weight excluding hydrogens is 1730 g/mol. The van der Waals surface area contributed by atoms with E-state index in [4.69, 9.17) is 47.6 Å². The fourth-order valence-electron chi connectivity index (χ4n) is 19.2. The van der Waals surface area contributed by atoms with Crippen LogP contribution in [0.5, 0.6) is 0 Å². The van der Waals surface area contributed by atoms with Crippen molar-refractivity contribution in [3.8, 4) is 180 Å². The maximum absolute atomic E-state index is 6.30. The van der Waals surface area contributed by atoms with Crippen molar-refractivity contribution < 1.29 is 17.7 Å². The topological polar surface area (TPSA) is 130 Å². The van der Waals surface area contributed by atoms with E-state index in [2.05, 4.69) is 388 Å². The molecule has 10 heteroatoms. The van der Waals surface area contributed by atoms with E-state index in [0.717, 1.165) is 222 Å². The molecule has 0 radical (unpaired) electrons.